The molecule has 7 nitrogen and oxygen atoms in total. The molecule has 0 saturated carbocycles. The highest BCUT2D eigenvalue weighted by molar-refractivity contribution is 5.90. The van der Waals surface area contributed by atoms with Gasteiger partial charge in [-0.05, 0) is 18.6 Å². The second-order valence-corrected chi connectivity index (χ2v) is 4.67. The highest BCUT2D eigenvalue weighted by atomic mass is 16.6. The van der Waals surface area contributed by atoms with Gasteiger partial charge in [0.15, 0.2) is 0 Å². The second-order valence-electron chi connectivity index (χ2n) is 4.67. The van der Waals surface area contributed by atoms with Gasteiger partial charge in [0, 0.05) is 17.8 Å². The van der Waals surface area contributed by atoms with Gasteiger partial charge in [-0.25, -0.2) is 4.79 Å². The van der Waals surface area contributed by atoms with Gasteiger partial charge in [-0.2, -0.15) is 0 Å². The van der Waals surface area contributed by atoms with Crippen molar-refractivity contribution in [2.24, 2.45) is 0 Å². The molecule has 1 aliphatic rings. The molecule has 1 fully saturated rings. The van der Waals surface area contributed by atoms with Crippen molar-refractivity contribution in [1.82, 2.24) is 4.90 Å². The molecule has 19 heavy (non-hydrogen) atoms. The second kappa shape index (κ2) is 4.85. The first-order chi connectivity index (χ1) is 8.93. The predicted octanol–water partition coefficient (Wildman–Crippen LogP) is 1.58. The Morgan fingerprint density at radius 3 is 2.53 bits per heavy atom. The van der Waals surface area contributed by atoms with E-state index in [4.69, 9.17) is 0 Å². The predicted molar refractivity (Wildman–Crippen MR) is 68.9 cm³/mol. The molecule has 0 bridgehead atoms. The van der Waals surface area contributed by atoms with Crippen molar-refractivity contribution in [3.05, 3.63) is 34.4 Å². The van der Waals surface area contributed by atoms with E-state index in [1.54, 1.807) is 0 Å². The van der Waals surface area contributed by atoms with Gasteiger partial charge in [0.05, 0.1) is 23.6 Å². The van der Waals surface area contributed by atoms with E-state index in [0.717, 1.165) is 0 Å². The maximum Gasteiger partial charge on any atom is 0.322 e. The Balaban J connectivity index is 1.91. The van der Waals surface area contributed by atoms with Crippen LogP contribution in [0.5, 0.6) is 0 Å². The fraction of sp³-hybridized carbons (Fsp3) is 0.417. The molecular weight excluding hydrogens is 250 g/mol. The Hall–Kier alpha value is -2.15. The molecule has 2 amide bonds. The first-order valence-electron chi connectivity index (χ1n) is 5.96. The molecule has 102 valence electrons. The van der Waals surface area contributed by atoms with Crippen LogP contribution in [0.15, 0.2) is 24.3 Å². The summed E-state index contributed by atoms with van der Waals surface area (Å²) in [5.41, 5.74) is -0.308. The van der Waals surface area contributed by atoms with E-state index >= 15 is 0 Å². The standard InChI is InChI=1S/C12H15N3O4/c1-2-12(17)7-14(8-12)11(16)13-9-3-5-10(6-4-9)15(18)19/h3-6,17H,2,7-8H2,1H3,(H,13,16). The van der Waals surface area contributed by atoms with Crippen molar-refractivity contribution in [2.45, 2.75) is 18.9 Å². The number of anilines is 1. The van der Waals surface area contributed by atoms with Gasteiger partial charge in [-0.3, -0.25) is 10.1 Å². The Bertz CT molecular complexity index is 494. The van der Waals surface area contributed by atoms with Crippen molar-refractivity contribution in [3.63, 3.8) is 0 Å². The smallest absolute Gasteiger partial charge is 0.322 e. The number of non-ortho nitro benzene ring substituents is 1. The number of nitro benzene ring substituents is 1. The zero-order valence-electron chi connectivity index (χ0n) is 10.5. The van der Waals surface area contributed by atoms with Crippen LogP contribution in [0, 0.1) is 10.1 Å². The van der Waals surface area contributed by atoms with Gasteiger partial charge in [0.1, 0.15) is 0 Å². The number of amides is 2. The summed E-state index contributed by atoms with van der Waals surface area (Å²) in [5.74, 6) is 0. The molecule has 0 spiro atoms. The molecule has 2 N–H and O–H groups in total. The van der Waals surface area contributed by atoms with Crippen LogP contribution >= 0.6 is 0 Å². The first kappa shape index (κ1) is 13.3. The molecule has 0 atom stereocenters. The molecule has 7 heteroatoms. The number of urea groups is 1. The quantitative estimate of drug-likeness (QED) is 0.640. The number of benzene rings is 1. The molecule has 0 aliphatic carbocycles. The molecule has 1 aromatic rings. The lowest BCUT2D eigenvalue weighted by Gasteiger charge is -2.45. The molecule has 1 aliphatic heterocycles. The Kier molecular flexibility index (Phi) is 3.39. The monoisotopic (exact) mass is 265 g/mol. The summed E-state index contributed by atoms with van der Waals surface area (Å²) in [5, 5.41) is 22.9. The van der Waals surface area contributed by atoms with Crippen molar-refractivity contribution in [1.29, 1.82) is 0 Å². The number of carbonyl (C=O) groups excluding carboxylic acids is 1. The van der Waals surface area contributed by atoms with Gasteiger partial charge < -0.3 is 15.3 Å². The van der Waals surface area contributed by atoms with E-state index < -0.39 is 10.5 Å². The summed E-state index contributed by atoms with van der Waals surface area (Å²) in [4.78, 5) is 23.3. The summed E-state index contributed by atoms with van der Waals surface area (Å²) in [6.07, 6.45) is 0.605. The van der Waals surface area contributed by atoms with Crippen LogP contribution < -0.4 is 5.32 Å². The number of hydrogen-bond donors (Lipinski definition) is 2. The molecule has 0 unspecified atom stereocenters. The molecule has 1 heterocycles. The number of carbonyl (C=O) groups is 1. The zero-order chi connectivity index (χ0) is 14.0. The highest BCUT2D eigenvalue weighted by Crippen LogP contribution is 2.25. The number of aliphatic hydroxyl groups is 1. The van der Waals surface area contributed by atoms with Crippen molar-refractivity contribution < 1.29 is 14.8 Å². The fourth-order valence-corrected chi connectivity index (χ4v) is 1.90. The lowest BCUT2D eigenvalue weighted by Crippen LogP contribution is -2.63. The first-order valence-corrected chi connectivity index (χ1v) is 5.96. The zero-order valence-corrected chi connectivity index (χ0v) is 10.5. The molecule has 0 radical (unpaired) electrons. The van der Waals surface area contributed by atoms with Crippen LogP contribution in [0.3, 0.4) is 0 Å². The fourth-order valence-electron chi connectivity index (χ4n) is 1.90. The number of likely N-dealkylation sites (tertiary alicyclic amines) is 1. The lowest BCUT2D eigenvalue weighted by molar-refractivity contribution is -0.384. The van der Waals surface area contributed by atoms with Gasteiger partial charge in [-0.15, -0.1) is 0 Å². The largest absolute Gasteiger partial charge is 0.386 e. The van der Waals surface area contributed by atoms with E-state index in [1.807, 2.05) is 6.92 Å². The summed E-state index contributed by atoms with van der Waals surface area (Å²) < 4.78 is 0. The minimum Gasteiger partial charge on any atom is -0.386 e. The number of nitrogens with one attached hydrogen (secondary N) is 1. The topological polar surface area (TPSA) is 95.7 Å². The summed E-state index contributed by atoms with van der Waals surface area (Å²) >= 11 is 0. The minimum atomic E-state index is -0.771. The third-order valence-electron chi connectivity index (χ3n) is 3.25. The Labute approximate surface area is 110 Å². The molecule has 1 aromatic carbocycles. The average molecular weight is 265 g/mol. The van der Waals surface area contributed by atoms with Crippen LogP contribution in [0.25, 0.3) is 0 Å². The number of nitro groups is 1. The van der Waals surface area contributed by atoms with E-state index in [9.17, 15) is 20.0 Å². The highest BCUT2D eigenvalue weighted by Gasteiger charge is 2.42. The Morgan fingerprint density at radius 2 is 2.05 bits per heavy atom. The SMILES string of the molecule is CCC1(O)CN(C(=O)Nc2ccc([N+](=O)[O-])cc2)C1. The van der Waals surface area contributed by atoms with Gasteiger partial charge >= 0.3 is 6.03 Å². The van der Waals surface area contributed by atoms with Gasteiger partial charge in [-0.1, -0.05) is 6.92 Å². The Morgan fingerprint density at radius 1 is 1.47 bits per heavy atom. The van der Waals surface area contributed by atoms with E-state index in [2.05, 4.69) is 5.32 Å². The van der Waals surface area contributed by atoms with Gasteiger partial charge in [0.25, 0.3) is 5.69 Å². The number of nitrogens with zero attached hydrogens (tertiary/aromatic N) is 2. The maximum atomic E-state index is 11.8. The molecule has 2 rings (SSSR count). The number of β-amino-alcohol motifs (C(OH)–C–C–N with tert-alkyl or cyclic N) is 1. The minimum absolute atomic E-state index is 0.0256. The van der Waals surface area contributed by atoms with E-state index in [1.165, 1.54) is 29.2 Å². The van der Waals surface area contributed by atoms with Crippen LogP contribution in [-0.4, -0.2) is 39.7 Å². The van der Waals surface area contributed by atoms with Crippen molar-refractivity contribution in [3.8, 4) is 0 Å². The number of hydrogen-bond acceptors (Lipinski definition) is 4. The van der Waals surface area contributed by atoms with Crippen LogP contribution in [-0.2, 0) is 0 Å². The average Bonchev–Trinajstić information content (AvgIpc) is 2.35. The normalized spacial score (nSPS) is 16.6. The maximum absolute atomic E-state index is 11.8. The summed E-state index contributed by atoms with van der Waals surface area (Å²) in [6.45, 7) is 2.48. The summed E-state index contributed by atoms with van der Waals surface area (Å²) in [7, 11) is 0. The third-order valence-corrected chi connectivity index (χ3v) is 3.25. The lowest BCUT2D eigenvalue weighted by atomic mass is 9.92. The van der Waals surface area contributed by atoms with E-state index in [0.29, 0.717) is 25.2 Å². The van der Waals surface area contributed by atoms with Crippen LogP contribution in [0.1, 0.15) is 13.3 Å². The number of rotatable bonds is 3. The van der Waals surface area contributed by atoms with E-state index in [-0.39, 0.29) is 11.7 Å². The van der Waals surface area contributed by atoms with Crippen LogP contribution in [0.4, 0.5) is 16.2 Å². The summed E-state index contributed by atoms with van der Waals surface area (Å²) in [6, 6.07) is 5.29. The third kappa shape index (κ3) is 2.82. The van der Waals surface area contributed by atoms with Crippen molar-refractivity contribution in [2.75, 3.05) is 18.4 Å². The molecule has 1 saturated heterocycles. The molecular formula is C12H15N3O4. The van der Waals surface area contributed by atoms with Crippen LogP contribution in [0.2, 0.25) is 0 Å². The van der Waals surface area contributed by atoms with Crippen molar-refractivity contribution >= 4 is 17.4 Å². The van der Waals surface area contributed by atoms with Gasteiger partial charge in [0.2, 0.25) is 0 Å². The molecule has 0 aromatic heterocycles.